The number of aromatic nitrogens is 1. The molecule has 148 valence electrons. The van der Waals surface area contributed by atoms with Gasteiger partial charge in [-0.1, -0.05) is 54.1 Å². The Labute approximate surface area is 184 Å². The Hall–Kier alpha value is -3.15. The molecule has 4 nitrogen and oxygen atoms in total. The zero-order valence-corrected chi connectivity index (χ0v) is 17.7. The summed E-state index contributed by atoms with van der Waals surface area (Å²) in [4.78, 5) is 18.8. The number of hydrogen-bond acceptors (Lipinski definition) is 4. The Morgan fingerprint density at radius 3 is 2.50 bits per heavy atom. The number of hydrogen-bond donors (Lipinski definition) is 1. The van der Waals surface area contributed by atoms with E-state index >= 15 is 0 Å². The third-order valence-corrected chi connectivity index (χ3v) is 5.59. The molecule has 0 atom stereocenters. The van der Waals surface area contributed by atoms with Crippen LogP contribution in [0.5, 0.6) is 0 Å². The van der Waals surface area contributed by atoms with Crippen molar-refractivity contribution in [1.29, 1.82) is 0 Å². The van der Waals surface area contributed by atoms with E-state index in [-0.39, 0.29) is 5.91 Å². The Bertz CT molecular complexity index is 1220. The summed E-state index contributed by atoms with van der Waals surface area (Å²) in [5.41, 5.74) is 6.39. The van der Waals surface area contributed by atoms with Crippen molar-refractivity contribution >= 4 is 46.4 Å². The fraction of sp³-hybridized carbons (Fsp3) is 0.0417. The van der Waals surface area contributed by atoms with Crippen molar-refractivity contribution in [1.82, 2.24) is 10.4 Å². The molecule has 0 radical (unpaired) electrons. The first-order chi connectivity index (χ1) is 14.6. The molecule has 1 heterocycles. The minimum Gasteiger partial charge on any atom is -0.267 e. The van der Waals surface area contributed by atoms with Crippen LogP contribution >= 0.6 is 23.4 Å². The molecule has 4 rings (SSSR count). The van der Waals surface area contributed by atoms with Gasteiger partial charge in [0.1, 0.15) is 0 Å². The van der Waals surface area contributed by atoms with Gasteiger partial charge < -0.3 is 0 Å². The molecule has 0 saturated heterocycles. The molecule has 0 bridgehead atoms. The first-order valence-corrected chi connectivity index (χ1v) is 10.9. The number of amides is 1. The van der Waals surface area contributed by atoms with Crippen molar-refractivity contribution in [2.75, 3.05) is 6.26 Å². The van der Waals surface area contributed by atoms with Crippen LogP contribution in [0.3, 0.4) is 0 Å². The number of fused-ring (bicyclic) bond motifs is 1. The number of halogens is 1. The van der Waals surface area contributed by atoms with Crippen molar-refractivity contribution in [3.63, 3.8) is 0 Å². The van der Waals surface area contributed by atoms with Crippen LogP contribution in [0.15, 0.2) is 88.9 Å². The standard InChI is InChI=1S/C24H18ClN3OS/c1-30-19-12-6-16(7-13-19)15-26-28-24(29)21-14-23(17-8-10-18(25)11-9-17)27-22-5-3-2-4-20(21)22/h2-15H,1H3,(H,28,29)/b26-15+. The second-order valence-corrected chi connectivity index (χ2v) is 7.87. The van der Waals surface area contributed by atoms with Gasteiger partial charge in [-0.15, -0.1) is 11.8 Å². The molecule has 0 fully saturated rings. The van der Waals surface area contributed by atoms with Crippen LogP contribution < -0.4 is 5.43 Å². The Morgan fingerprint density at radius 1 is 1.03 bits per heavy atom. The number of carbonyl (C=O) groups is 1. The van der Waals surface area contributed by atoms with E-state index in [2.05, 4.69) is 10.5 Å². The summed E-state index contributed by atoms with van der Waals surface area (Å²) in [6, 6.07) is 24.7. The number of carbonyl (C=O) groups excluding carboxylic acids is 1. The highest BCUT2D eigenvalue weighted by molar-refractivity contribution is 7.98. The number of benzene rings is 3. The van der Waals surface area contributed by atoms with Crippen molar-refractivity contribution < 1.29 is 4.79 Å². The molecule has 0 spiro atoms. The first kappa shape index (κ1) is 20.1. The minimum atomic E-state index is -0.291. The summed E-state index contributed by atoms with van der Waals surface area (Å²) < 4.78 is 0. The fourth-order valence-corrected chi connectivity index (χ4v) is 3.58. The molecular formula is C24H18ClN3OS. The first-order valence-electron chi connectivity index (χ1n) is 9.27. The molecule has 3 aromatic carbocycles. The lowest BCUT2D eigenvalue weighted by Crippen LogP contribution is -2.18. The van der Waals surface area contributed by atoms with Crippen LogP contribution in [-0.2, 0) is 0 Å². The second kappa shape index (κ2) is 9.11. The van der Waals surface area contributed by atoms with Gasteiger partial charge in [0.15, 0.2) is 0 Å². The summed E-state index contributed by atoms with van der Waals surface area (Å²) in [5.74, 6) is -0.291. The lowest BCUT2D eigenvalue weighted by molar-refractivity contribution is 0.0956. The summed E-state index contributed by atoms with van der Waals surface area (Å²) in [7, 11) is 0. The predicted molar refractivity (Wildman–Crippen MR) is 125 cm³/mol. The molecule has 6 heteroatoms. The van der Waals surface area contributed by atoms with Crippen molar-refractivity contribution in [3.8, 4) is 11.3 Å². The van der Waals surface area contributed by atoms with Crippen LogP contribution in [-0.4, -0.2) is 23.4 Å². The lowest BCUT2D eigenvalue weighted by atomic mass is 10.0. The molecule has 0 aliphatic heterocycles. The van der Waals surface area contributed by atoms with Gasteiger partial charge in [-0.3, -0.25) is 4.79 Å². The summed E-state index contributed by atoms with van der Waals surface area (Å²) >= 11 is 7.68. The van der Waals surface area contributed by atoms with E-state index in [0.29, 0.717) is 16.3 Å². The van der Waals surface area contributed by atoms with Gasteiger partial charge in [-0.05, 0) is 48.2 Å². The highest BCUT2D eigenvalue weighted by Gasteiger charge is 2.13. The van der Waals surface area contributed by atoms with Crippen LogP contribution in [0.25, 0.3) is 22.2 Å². The van der Waals surface area contributed by atoms with E-state index in [4.69, 9.17) is 16.6 Å². The summed E-state index contributed by atoms with van der Waals surface area (Å²) in [6.45, 7) is 0. The molecule has 0 aliphatic carbocycles. The Balaban J connectivity index is 1.63. The van der Waals surface area contributed by atoms with Crippen molar-refractivity contribution in [3.05, 3.63) is 95.0 Å². The van der Waals surface area contributed by atoms with E-state index in [0.717, 1.165) is 22.0 Å². The van der Waals surface area contributed by atoms with Gasteiger partial charge in [-0.2, -0.15) is 5.10 Å². The predicted octanol–water partition coefficient (Wildman–Crippen LogP) is 6.04. The maximum Gasteiger partial charge on any atom is 0.272 e. The van der Waals surface area contributed by atoms with Crippen LogP contribution in [0.4, 0.5) is 0 Å². The number of rotatable bonds is 5. The Kier molecular flexibility index (Phi) is 6.12. The monoisotopic (exact) mass is 431 g/mol. The van der Waals surface area contributed by atoms with Crippen LogP contribution in [0, 0.1) is 0 Å². The van der Waals surface area contributed by atoms with Gasteiger partial charge >= 0.3 is 0 Å². The van der Waals surface area contributed by atoms with Crippen molar-refractivity contribution in [2.45, 2.75) is 4.90 Å². The van der Waals surface area contributed by atoms with Gasteiger partial charge in [0.2, 0.25) is 0 Å². The summed E-state index contributed by atoms with van der Waals surface area (Å²) in [6.07, 6.45) is 3.66. The third-order valence-electron chi connectivity index (χ3n) is 4.60. The molecule has 1 N–H and O–H groups in total. The Morgan fingerprint density at radius 2 is 1.77 bits per heavy atom. The topological polar surface area (TPSA) is 54.4 Å². The molecule has 1 amide bonds. The third kappa shape index (κ3) is 4.53. The molecule has 30 heavy (non-hydrogen) atoms. The molecule has 4 aromatic rings. The molecule has 0 saturated carbocycles. The number of nitrogens with zero attached hydrogens (tertiary/aromatic N) is 2. The average molecular weight is 432 g/mol. The van der Waals surface area contributed by atoms with E-state index in [1.54, 1.807) is 36.2 Å². The maximum atomic E-state index is 12.9. The fourth-order valence-electron chi connectivity index (χ4n) is 3.05. The van der Waals surface area contributed by atoms with E-state index in [1.165, 1.54) is 4.90 Å². The minimum absolute atomic E-state index is 0.291. The smallest absolute Gasteiger partial charge is 0.267 e. The van der Waals surface area contributed by atoms with E-state index < -0.39 is 0 Å². The SMILES string of the molecule is CSc1ccc(/C=N/NC(=O)c2cc(-c3ccc(Cl)cc3)nc3ccccc23)cc1. The highest BCUT2D eigenvalue weighted by Crippen LogP contribution is 2.26. The van der Waals surface area contributed by atoms with E-state index in [9.17, 15) is 4.79 Å². The largest absolute Gasteiger partial charge is 0.272 e. The normalized spacial score (nSPS) is 11.1. The number of thioether (sulfide) groups is 1. The van der Waals surface area contributed by atoms with Crippen LogP contribution in [0.2, 0.25) is 5.02 Å². The molecular weight excluding hydrogens is 414 g/mol. The number of nitrogens with one attached hydrogen (secondary N) is 1. The molecule has 1 aromatic heterocycles. The second-order valence-electron chi connectivity index (χ2n) is 6.55. The van der Waals surface area contributed by atoms with Gasteiger partial charge in [0.05, 0.1) is 23.0 Å². The maximum absolute atomic E-state index is 12.9. The van der Waals surface area contributed by atoms with Gasteiger partial charge in [-0.25, -0.2) is 10.4 Å². The van der Waals surface area contributed by atoms with Crippen LogP contribution in [0.1, 0.15) is 15.9 Å². The van der Waals surface area contributed by atoms with Gasteiger partial charge in [0, 0.05) is 20.9 Å². The van der Waals surface area contributed by atoms with E-state index in [1.807, 2.05) is 66.9 Å². The average Bonchev–Trinajstić information content (AvgIpc) is 2.79. The summed E-state index contributed by atoms with van der Waals surface area (Å²) in [5, 5.41) is 5.55. The molecule has 0 aliphatic rings. The number of pyridine rings is 1. The quantitative estimate of drug-likeness (QED) is 0.238. The lowest BCUT2D eigenvalue weighted by Gasteiger charge is -2.09. The number of para-hydroxylation sites is 1. The zero-order valence-electron chi connectivity index (χ0n) is 16.2. The van der Waals surface area contributed by atoms with Crippen molar-refractivity contribution in [2.24, 2.45) is 5.10 Å². The highest BCUT2D eigenvalue weighted by atomic mass is 35.5. The number of hydrazone groups is 1. The molecule has 0 unspecified atom stereocenters. The van der Waals surface area contributed by atoms with Gasteiger partial charge in [0.25, 0.3) is 5.91 Å². The zero-order chi connectivity index (χ0) is 20.9.